The number of para-hydroxylation sites is 2. The average Bonchev–Trinajstić information content (AvgIpc) is 3.29. The molecule has 43 heavy (non-hydrogen) atoms. The second-order valence-corrected chi connectivity index (χ2v) is 12.7. The van der Waals surface area contributed by atoms with E-state index in [1.807, 2.05) is 36.4 Å². The van der Waals surface area contributed by atoms with Crippen LogP contribution in [-0.2, 0) is 6.54 Å². The molecule has 0 unspecified atom stereocenters. The van der Waals surface area contributed by atoms with Crippen LogP contribution in [0.25, 0.3) is 22.2 Å². The van der Waals surface area contributed by atoms with E-state index >= 15 is 0 Å². The van der Waals surface area contributed by atoms with Gasteiger partial charge in [0, 0.05) is 60.8 Å². The molecule has 3 heterocycles. The normalized spacial score (nSPS) is 19.5. The van der Waals surface area contributed by atoms with E-state index in [4.69, 9.17) is 4.74 Å². The number of nitrogens with zero attached hydrogens (tertiary/aromatic N) is 3. The summed E-state index contributed by atoms with van der Waals surface area (Å²) in [5.74, 6) is 1.17. The first kappa shape index (κ1) is 28.0. The fraction of sp³-hybridized carbons (Fsp3) is 0.432. The van der Waals surface area contributed by atoms with Crippen molar-refractivity contribution in [2.45, 2.75) is 57.4 Å². The van der Waals surface area contributed by atoms with Gasteiger partial charge in [0.2, 0.25) is 0 Å². The Morgan fingerprint density at radius 3 is 2.49 bits per heavy atom. The number of carbonyl (C=O) groups is 1. The smallest absolute Gasteiger partial charge is 0.335 e. The van der Waals surface area contributed by atoms with Gasteiger partial charge in [0.25, 0.3) is 0 Å². The number of likely N-dealkylation sites (tertiary alicyclic amines) is 1. The molecule has 0 radical (unpaired) electrons. The number of anilines is 1. The molecule has 4 aromatic rings. The second-order valence-electron chi connectivity index (χ2n) is 12.7. The molecule has 1 N–H and O–H groups in total. The van der Waals surface area contributed by atoms with Crippen molar-refractivity contribution in [1.82, 2.24) is 9.47 Å². The van der Waals surface area contributed by atoms with E-state index in [1.165, 1.54) is 72.8 Å². The lowest BCUT2D eigenvalue weighted by atomic mass is 9.81. The number of aromatic nitrogens is 1. The number of hydrogen-bond acceptors (Lipinski definition) is 4. The largest absolute Gasteiger partial charge is 0.493 e. The van der Waals surface area contributed by atoms with E-state index in [1.54, 1.807) is 6.07 Å². The molecule has 2 fully saturated rings. The molecule has 3 aromatic carbocycles. The zero-order valence-electron chi connectivity index (χ0n) is 25.1. The number of carboxylic acids is 1. The number of hydrogen-bond donors (Lipinski definition) is 1. The van der Waals surface area contributed by atoms with Gasteiger partial charge in [0.05, 0.1) is 17.9 Å². The first-order valence-electron chi connectivity index (χ1n) is 16.3. The highest BCUT2D eigenvalue weighted by molar-refractivity contribution is 5.99. The topological polar surface area (TPSA) is 57.9 Å². The predicted octanol–water partition coefficient (Wildman–Crippen LogP) is 7.67. The van der Waals surface area contributed by atoms with Crippen LogP contribution in [0.3, 0.4) is 0 Å². The highest BCUT2D eigenvalue weighted by atomic mass is 16.5. The first-order chi connectivity index (χ1) is 21.2. The Morgan fingerprint density at radius 2 is 1.65 bits per heavy atom. The molecule has 0 bridgehead atoms. The van der Waals surface area contributed by atoms with Crippen LogP contribution in [0.4, 0.5) is 5.69 Å². The fourth-order valence-electron chi connectivity index (χ4n) is 7.84. The zero-order chi connectivity index (χ0) is 29.2. The number of aromatic carboxylic acids is 1. The Kier molecular flexibility index (Phi) is 8.12. The van der Waals surface area contributed by atoms with Gasteiger partial charge in [-0.2, -0.15) is 0 Å². The van der Waals surface area contributed by atoms with E-state index in [0.717, 1.165) is 57.1 Å². The molecule has 1 atom stereocenters. The first-order valence-corrected chi connectivity index (χ1v) is 16.3. The molecule has 224 valence electrons. The van der Waals surface area contributed by atoms with Crippen molar-refractivity contribution in [2.24, 2.45) is 5.92 Å². The Bertz CT molecular complexity index is 1570. The van der Waals surface area contributed by atoms with Crippen molar-refractivity contribution < 1.29 is 14.6 Å². The third kappa shape index (κ3) is 5.77. The van der Waals surface area contributed by atoms with Crippen molar-refractivity contribution in [1.29, 1.82) is 0 Å². The van der Waals surface area contributed by atoms with Crippen LogP contribution in [0.2, 0.25) is 0 Å². The van der Waals surface area contributed by atoms with Gasteiger partial charge in [0.1, 0.15) is 5.75 Å². The number of ether oxygens (including phenoxy) is 1. The van der Waals surface area contributed by atoms with Crippen LogP contribution in [0, 0.1) is 5.92 Å². The SMILES string of the molecule is O=C(O)c1ccc2c(C3CCCCC3)c3n(c2c1)CCN(CCN1CCC[C@H](COc2ccccc2)C1)c1ccccc1-3. The molecule has 6 heteroatoms. The minimum absolute atomic E-state index is 0.369. The third-order valence-corrected chi connectivity index (χ3v) is 9.98. The van der Waals surface area contributed by atoms with Gasteiger partial charge < -0.3 is 24.2 Å². The van der Waals surface area contributed by atoms with Gasteiger partial charge in [0.15, 0.2) is 0 Å². The number of carboxylic acid groups (broad SMARTS) is 1. The van der Waals surface area contributed by atoms with E-state index in [0.29, 0.717) is 17.4 Å². The molecular weight excluding hydrogens is 534 g/mol. The van der Waals surface area contributed by atoms with Gasteiger partial charge in [-0.25, -0.2) is 4.79 Å². The molecule has 6 nitrogen and oxygen atoms in total. The lowest BCUT2D eigenvalue weighted by Crippen LogP contribution is -2.42. The average molecular weight is 578 g/mol. The summed E-state index contributed by atoms with van der Waals surface area (Å²) in [6, 6.07) is 24.9. The molecule has 1 aliphatic carbocycles. The van der Waals surface area contributed by atoms with Crippen molar-refractivity contribution >= 4 is 22.6 Å². The summed E-state index contributed by atoms with van der Waals surface area (Å²) in [6.45, 7) is 6.77. The third-order valence-electron chi connectivity index (χ3n) is 9.98. The van der Waals surface area contributed by atoms with Crippen LogP contribution < -0.4 is 9.64 Å². The minimum atomic E-state index is -0.860. The van der Waals surface area contributed by atoms with Gasteiger partial charge in [-0.1, -0.05) is 61.7 Å². The van der Waals surface area contributed by atoms with Crippen LogP contribution in [0.1, 0.15) is 66.8 Å². The zero-order valence-corrected chi connectivity index (χ0v) is 25.1. The Morgan fingerprint density at radius 1 is 0.837 bits per heavy atom. The standard InChI is InChI=1S/C37H43N3O3/c41-37(42)29-17-18-31-34(24-29)40-23-22-39(21-20-38-19-9-10-27(25-38)26-43-30-13-5-2-6-14-30)33-16-8-7-15-32(33)36(40)35(31)28-11-3-1-4-12-28/h2,5-8,13-18,24,27-28H,1,3-4,9-12,19-23,25-26H2,(H,41,42)/t27-/m0/s1. The Labute approximate surface area is 254 Å². The molecule has 3 aliphatic rings. The maximum absolute atomic E-state index is 12.0. The van der Waals surface area contributed by atoms with Crippen LogP contribution in [-0.4, -0.2) is 59.9 Å². The molecule has 1 aromatic heterocycles. The summed E-state index contributed by atoms with van der Waals surface area (Å²) >= 11 is 0. The quantitative estimate of drug-likeness (QED) is 0.233. The highest BCUT2D eigenvalue weighted by Crippen LogP contribution is 2.47. The van der Waals surface area contributed by atoms with Crippen LogP contribution in [0.5, 0.6) is 5.75 Å². The molecule has 0 spiro atoms. The van der Waals surface area contributed by atoms with Gasteiger partial charge >= 0.3 is 5.97 Å². The Hall–Kier alpha value is -3.77. The minimum Gasteiger partial charge on any atom is -0.493 e. The maximum Gasteiger partial charge on any atom is 0.335 e. The van der Waals surface area contributed by atoms with E-state index in [2.05, 4.69) is 44.7 Å². The van der Waals surface area contributed by atoms with Crippen LogP contribution in [0.15, 0.2) is 72.8 Å². The molecule has 1 saturated heterocycles. The number of fused-ring (bicyclic) bond motifs is 5. The number of benzene rings is 3. The lowest BCUT2D eigenvalue weighted by Gasteiger charge is -2.35. The summed E-state index contributed by atoms with van der Waals surface area (Å²) in [6.07, 6.45) is 8.71. The maximum atomic E-state index is 12.0. The molecular formula is C37H43N3O3. The summed E-state index contributed by atoms with van der Waals surface area (Å²) in [5, 5.41) is 11.1. The molecule has 0 amide bonds. The summed E-state index contributed by atoms with van der Waals surface area (Å²) in [5.41, 5.74) is 6.80. The molecule has 1 saturated carbocycles. The fourth-order valence-corrected chi connectivity index (χ4v) is 7.84. The van der Waals surface area contributed by atoms with Gasteiger partial charge in [-0.3, -0.25) is 0 Å². The van der Waals surface area contributed by atoms with Crippen molar-refractivity contribution in [3.8, 4) is 17.0 Å². The molecule has 2 aliphatic heterocycles. The summed E-state index contributed by atoms with van der Waals surface area (Å²) < 4.78 is 8.57. The number of piperidine rings is 1. The van der Waals surface area contributed by atoms with Gasteiger partial charge in [-0.05, 0) is 74.0 Å². The summed E-state index contributed by atoms with van der Waals surface area (Å²) in [4.78, 5) is 17.2. The molecule has 7 rings (SSSR count). The Balaban J connectivity index is 1.15. The summed E-state index contributed by atoms with van der Waals surface area (Å²) in [7, 11) is 0. The second kappa shape index (κ2) is 12.5. The monoisotopic (exact) mass is 577 g/mol. The van der Waals surface area contributed by atoms with E-state index in [-0.39, 0.29) is 0 Å². The van der Waals surface area contributed by atoms with E-state index in [9.17, 15) is 9.90 Å². The highest BCUT2D eigenvalue weighted by Gasteiger charge is 2.31. The van der Waals surface area contributed by atoms with Crippen molar-refractivity contribution in [3.63, 3.8) is 0 Å². The van der Waals surface area contributed by atoms with E-state index < -0.39 is 5.97 Å². The van der Waals surface area contributed by atoms with Gasteiger partial charge in [-0.15, -0.1) is 0 Å². The predicted molar refractivity (Wildman–Crippen MR) is 173 cm³/mol. The van der Waals surface area contributed by atoms with Crippen molar-refractivity contribution in [3.05, 3.63) is 83.9 Å². The number of rotatable bonds is 8. The van der Waals surface area contributed by atoms with Crippen LogP contribution >= 0.6 is 0 Å². The van der Waals surface area contributed by atoms with Crippen molar-refractivity contribution in [2.75, 3.05) is 44.2 Å². The lowest BCUT2D eigenvalue weighted by molar-refractivity contribution is 0.0697.